The van der Waals surface area contributed by atoms with E-state index in [0.29, 0.717) is 11.4 Å². The van der Waals surface area contributed by atoms with E-state index >= 15 is 0 Å². The third kappa shape index (κ3) is 6.32. The third-order valence-corrected chi connectivity index (χ3v) is 7.79. The molecule has 9 heteroatoms. The molecule has 3 amide bonds. The molecule has 1 aromatic carbocycles. The highest BCUT2D eigenvalue weighted by molar-refractivity contribution is 6.40. The fourth-order valence-corrected chi connectivity index (χ4v) is 5.73. The largest absolute Gasteiger partial charge is 0.497 e. The number of H-pyrrole nitrogens is 1. The molecule has 2 N–H and O–H groups in total. The zero-order valence-corrected chi connectivity index (χ0v) is 21.9. The van der Waals surface area contributed by atoms with Gasteiger partial charge in [-0.15, -0.1) is 0 Å². The number of carbonyl (C=O) groups excluding carboxylic acids is 4. The second-order valence-electron chi connectivity index (χ2n) is 10.2. The van der Waals surface area contributed by atoms with Gasteiger partial charge in [-0.2, -0.15) is 0 Å². The van der Waals surface area contributed by atoms with Gasteiger partial charge in [0.25, 0.3) is 5.91 Å². The summed E-state index contributed by atoms with van der Waals surface area (Å²) >= 11 is 0. The number of Topliss-reactive ketones (excluding diaryl/α,β-unsaturated/α-hetero) is 1. The van der Waals surface area contributed by atoms with E-state index in [4.69, 9.17) is 4.74 Å². The Kier molecular flexibility index (Phi) is 8.84. The molecule has 0 unspecified atom stereocenters. The molecule has 2 aromatic rings. The van der Waals surface area contributed by atoms with E-state index in [1.807, 2.05) is 17.0 Å². The summed E-state index contributed by atoms with van der Waals surface area (Å²) in [5, 5.41) is 3.29. The quantitative estimate of drug-likeness (QED) is 0.395. The average Bonchev–Trinajstić information content (AvgIpc) is 3.35. The van der Waals surface area contributed by atoms with Gasteiger partial charge in [0, 0.05) is 36.8 Å². The van der Waals surface area contributed by atoms with Gasteiger partial charge in [-0.1, -0.05) is 38.5 Å². The van der Waals surface area contributed by atoms with Crippen LogP contribution in [-0.4, -0.2) is 66.2 Å². The molecule has 0 spiro atoms. The average molecular weight is 511 g/mol. The zero-order chi connectivity index (χ0) is 26.4. The summed E-state index contributed by atoms with van der Waals surface area (Å²) in [6.45, 7) is -0.216. The van der Waals surface area contributed by atoms with Crippen LogP contribution in [0.5, 0.6) is 5.75 Å². The lowest BCUT2D eigenvalue weighted by Gasteiger charge is -2.41. The minimum Gasteiger partial charge on any atom is -0.497 e. The molecule has 2 aliphatic carbocycles. The van der Waals surface area contributed by atoms with Crippen molar-refractivity contribution >= 4 is 40.1 Å². The zero-order valence-electron chi connectivity index (χ0n) is 21.9. The van der Waals surface area contributed by atoms with Crippen molar-refractivity contribution in [1.29, 1.82) is 0 Å². The van der Waals surface area contributed by atoms with Crippen LogP contribution in [0.2, 0.25) is 0 Å². The molecule has 2 aliphatic rings. The van der Waals surface area contributed by atoms with Gasteiger partial charge in [-0.25, -0.2) is 0 Å². The molecule has 0 bridgehead atoms. The summed E-state index contributed by atoms with van der Waals surface area (Å²) in [5.41, 5.74) is 1.39. The van der Waals surface area contributed by atoms with Crippen LogP contribution in [0.25, 0.3) is 10.9 Å². The van der Waals surface area contributed by atoms with Gasteiger partial charge in [-0.3, -0.25) is 19.2 Å². The number of nitrogens with zero attached hydrogens (tertiary/aromatic N) is 2. The van der Waals surface area contributed by atoms with Crippen LogP contribution in [0.1, 0.15) is 70.6 Å². The van der Waals surface area contributed by atoms with E-state index in [1.54, 1.807) is 26.4 Å². The van der Waals surface area contributed by atoms with E-state index in [-0.39, 0.29) is 24.5 Å². The van der Waals surface area contributed by atoms with E-state index in [2.05, 4.69) is 10.3 Å². The smallest absolute Gasteiger partial charge is 0.288 e. The van der Waals surface area contributed by atoms with Gasteiger partial charge in [0.05, 0.1) is 31.3 Å². The number of hydrogen-bond donors (Lipinski definition) is 2. The second kappa shape index (κ2) is 12.3. The van der Waals surface area contributed by atoms with Crippen molar-refractivity contribution in [3.8, 4) is 5.75 Å². The molecule has 2 saturated carbocycles. The Morgan fingerprint density at radius 1 is 0.946 bits per heavy atom. The van der Waals surface area contributed by atoms with Crippen molar-refractivity contribution in [2.45, 2.75) is 82.7 Å². The summed E-state index contributed by atoms with van der Waals surface area (Å²) in [6.07, 6.45) is 12.0. The van der Waals surface area contributed by atoms with Crippen molar-refractivity contribution in [3.05, 3.63) is 24.4 Å². The molecule has 37 heavy (non-hydrogen) atoms. The fourth-order valence-electron chi connectivity index (χ4n) is 5.73. The van der Waals surface area contributed by atoms with Crippen LogP contribution >= 0.6 is 0 Å². The SMILES string of the molecule is COc1ccc2c(N(C)C(=O)CC(=O)C(=O)NCC(=O)N(C3CCCCC3)C3CCCCC3)c[nH]c2c1. The van der Waals surface area contributed by atoms with Gasteiger partial charge in [0.1, 0.15) is 5.75 Å². The van der Waals surface area contributed by atoms with Crippen LogP contribution in [0.15, 0.2) is 24.4 Å². The summed E-state index contributed by atoms with van der Waals surface area (Å²) in [4.78, 5) is 57.6. The standard InChI is InChI=1S/C28H38N4O5/c1-31(24-17-29-23-15-21(37-2)13-14-22(23)24)26(34)16-25(33)28(36)30-18-27(35)32(19-9-5-3-6-10-19)20-11-7-4-8-12-20/h13-15,17,19-20,29H,3-12,16,18H2,1-2H3,(H,30,36). The number of methoxy groups -OCH3 is 1. The fraction of sp³-hybridized carbons (Fsp3) is 0.571. The first-order chi connectivity index (χ1) is 17.9. The van der Waals surface area contributed by atoms with Crippen LogP contribution in [-0.2, 0) is 19.2 Å². The number of ether oxygens (including phenoxy) is 1. The number of amides is 3. The highest BCUT2D eigenvalue weighted by atomic mass is 16.5. The van der Waals surface area contributed by atoms with E-state index in [1.165, 1.54) is 17.7 Å². The minimum atomic E-state index is -0.897. The Morgan fingerprint density at radius 3 is 2.16 bits per heavy atom. The second-order valence-corrected chi connectivity index (χ2v) is 10.2. The number of anilines is 1. The highest BCUT2D eigenvalue weighted by Crippen LogP contribution is 2.31. The Hall–Kier alpha value is -3.36. The monoisotopic (exact) mass is 510 g/mol. The maximum absolute atomic E-state index is 13.2. The van der Waals surface area contributed by atoms with Crippen molar-refractivity contribution in [1.82, 2.24) is 15.2 Å². The summed E-state index contributed by atoms with van der Waals surface area (Å²) in [5.74, 6) is -1.70. The van der Waals surface area contributed by atoms with Crippen molar-refractivity contribution in [2.75, 3.05) is 25.6 Å². The molecule has 0 atom stereocenters. The predicted molar refractivity (Wildman–Crippen MR) is 141 cm³/mol. The number of carbonyl (C=O) groups is 4. The molecular weight excluding hydrogens is 472 g/mol. The molecule has 0 radical (unpaired) electrons. The van der Waals surface area contributed by atoms with Gasteiger partial charge < -0.3 is 24.8 Å². The Morgan fingerprint density at radius 2 is 1.57 bits per heavy atom. The molecule has 1 aromatic heterocycles. The van der Waals surface area contributed by atoms with E-state index in [9.17, 15) is 19.2 Å². The van der Waals surface area contributed by atoms with Crippen LogP contribution in [0.3, 0.4) is 0 Å². The first-order valence-electron chi connectivity index (χ1n) is 13.4. The molecule has 2 fully saturated rings. The molecular formula is C28H38N4O5. The van der Waals surface area contributed by atoms with Crippen molar-refractivity contribution in [3.63, 3.8) is 0 Å². The third-order valence-electron chi connectivity index (χ3n) is 7.79. The lowest BCUT2D eigenvalue weighted by atomic mass is 9.88. The van der Waals surface area contributed by atoms with E-state index in [0.717, 1.165) is 62.3 Å². The lowest BCUT2D eigenvalue weighted by molar-refractivity contribution is -0.142. The lowest BCUT2D eigenvalue weighted by Crippen LogP contribution is -2.52. The predicted octanol–water partition coefficient (Wildman–Crippen LogP) is 3.71. The molecule has 200 valence electrons. The van der Waals surface area contributed by atoms with Gasteiger partial charge >= 0.3 is 0 Å². The van der Waals surface area contributed by atoms with E-state index < -0.39 is 24.0 Å². The maximum Gasteiger partial charge on any atom is 0.288 e. The van der Waals surface area contributed by atoms with Crippen LogP contribution in [0.4, 0.5) is 5.69 Å². The first-order valence-corrected chi connectivity index (χ1v) is 13.4. The summed E-state index contributed by atoms with van der Waals surface area (Å²) in [7, 11) is 3.14. The number of rotatable bonds is 9. The Balaban J connectivity index is 1.33. The maximum atomic E-state index is 13.2. The normalized spacial score (nSPS) is 16.8. The minimum absolute atomic E-state index is 0.127. The summed E-state index contributed by atoms with van der Waals surface area (Å²) < 4.78 is 5.22. The molecule has 0 saturated heterocycles. The molecule has 9 nitrogen and oxygen atoms in total. The molecule has 4 rings (SSSR count). The Labute approximate surface area is 217 Å². The Bertz CT molecular complexity index is 1110. The summed E-state index contributed by atoms with van der Waals surface area (Å²) in [6, 6.07) is 5.86. The van der Waals surface area contributed by atoms with Gasteiger partial charge in [0.2, 0.25) is 17.6 Å². The molecule has 1 heterocycles. The van der Waals surface area contributed by atoms with Crippen LogP contribution < -0.4 is 15.0 Å². The number of nitrogens with one attached hydrogen (secondary N) is 2. The van der Waals surface area contributed by atoms with Gasteiger partial charge in [-0.05, 0) is 37.8 Å². The number of ketones is 1. The first kappa shape index (κ1) is 26.7. The number of benzene rings is 1. The topological polar surface area (TPSA) is 112 Å². The van der Waals surface area contributed by atoms with Crippen molar-refractivity contribution < 1.29 is 23.9 Å². The molecule has 0 aliphatic heterocycles. The van der Waals surface area contributed by atoms with Crippen LogP contribution in [0, 0.1) is 0 Å². The number of aromatic amines is 1. The van der Waals surface area contributed by atoms with Gasteiger partial charge in [0.15, 0.2) is 0 Å². The number of fused-ring (bicyclic) bond motifs is 1. The highest BCUT2D eigenvalue weighted by Gasteiger charge is 2.33. The number of hydrogen-bond acceptors (Lipinski definition) is 5. The number of aromatic nitrogens is 1. The van der Waals surface area contributed by atoms with Crippen molar-refractivity contribution in [2.24, 2.45) is 0 Å².